The van der Waals surface area contributed by atoms with Gasteiger partial charge in [0.05, 0.1) is 5.75 Å². The van der Waals surface area contributed by atoms with Crippen LogP contribution in [0.4, 0.5) is 0 Å². The highest BCUT2D eigenvalue weighted by molar-refractivity contribution is 7.90. The predicted molar refractivity (Wildman–Crippen MR) is 68.3 cm³/mol. The SMILES string of the molecule is CC(C)CC(CCS(C)(=O)=O)CNC1CC1. The monoisotopic (exact) mass is 247 g/mol. The third-order valence-electron chi connectivity index (χ3n) is 2.97. The number of sulfone groups is 1. The third-order valence-corrected chi connectivity index (χ3v) is 3.95. The van der Waals surface area contributed by atoms with Crippen molar-refractivity contribution in [3.8, 4) is 0 Å². The molecule has 1 atom stereocenters. The Morgan fingerprint density at radius 2 is 1.94 bits per heavy atom. The summed E-state index contributed by atoms with van der Waals surface area (Å²) in [5, 5.41) is 3.50. The Labute approximate surface area is 99.9 Å². The van der Waals surface area contributed by atoms with Crippen molar-refractivity contribution in [2.75, 3.05) is 18.6 Å². The highest BCUT2D eigenvalue weighted by Gasteiger charge is 2.22. The average Bonchev–Trinajstić information content (AvgIpc) is 2.91. The molecule has 0 heterocycles. The van der Waals surface area contributed by atoms with Gasteiger partial charge in [-0.15, -0.1) is 0 Å². The van der Waals surface area contributed by atoms with E-state index >= 15 is 0 Å². The zero-order valence-electron chi connectivity index (χ0n) is 10.7. The Morgan fingerprint density at radius 3 is 2.38 bits per heavy atom. The quantitative estimate of drug-likeness (QED) is 0.712. The first-order valence-electron chi connectivity index (χ1n) is 6.28. The van der Waals surface area contributed by atoms with E-state index in [2.05, 4.69) is 19.2 Å². The van der Waals surface area contributed by atoms with Crippen LogP contribution in [0.3, 0.4) is 0 Å². The maximum Gasteiger partial charge on any atom is 0.147 e. The van der Waals surface area contributed by atoms with Crippen LogP contribution in [0.1, 0.15) is 39.5 Å². The van der Waals surface area contributed by atoms with Crippen LogP contribution in [0.2, 0.25) is 0 Å². The van der Waals surface area contributed by atoms with Crippen LogP contribution in [-0.2, 0) is 9.84 Å². The van der Waals surface area contributed by atoms with Crippen LogP contribution in [-0.4, -0.2) is 33.0 Å². The average molecular weight is 247 g/mol. The lowest BCUT2D eigenvalue weighted by molar-refractivity contribution is 0.377. The molecule has 1 N–H and O–H groups in total. The second-order valence-corrected chi connectivity index (χ2v) is 7.86. The molecule has 16 heavy (non-hydrogen) atoms. The first-order valence-corrected chi connectivity index (χ1v) is 8.34. The molecular weight excluding hydrogens is 222 g/mol. The number of hydrogen-bond acceptors (Lipinski definition) is 3. The zero-order chi connectivity index (χ0) is 12.2. The summed E-state index contributed by atoms with van der Waals surface area (Å²) in [6.45, 7) is 5.38. The van der Waals surface area contributed by atoms with Crippen molar-refractivity contribution < 1.29 is 8.42 Å². The molecule has 1 unspecified atom stereocenters. The molecule has 1 fully saturated rings. The van der Waals surface area contributed by atoms with Crippen LogP contribution in [0.5, 0.6) is 0 Å². The number of hydrogen-bond donors (Lipinski definition) is 1. The Bertz CT molecular complexity index is 294. The molecule has 96 valence electrons. The van der Waals surface area contributed by atoms with Crippen LogP contribution in [0.15, 0.2) is 0 Å². The normalized spacial score (nSPS) is 19.0. The molecule has 0 aliphatic heterocycles. The summed E-state index contributed by atoms with van der Waals surface area (Å²) in [6, 6.07) is 0.716. The highest BCUT2D eigenvalue weighted by Crippen LogP contribution is 2.21. The molecule has 3 nitrogen and oxygen atoms in total. The van der Waals surface area contributed by atoms with Gasteiger partial charge in [0.25, 0.3) is 0 Å². The van der Waals surface area contributed by atoms with Crippen molar-refractivity contribution in [2.24, 2.45) is 11.8 Å². The molecule has 1 saturated carbocycles. The molecule has 0 bridgehead atoms. The van der Waals surface area contributed by atoms with Gasteiger partial charge in [0.1, 0.15) is 9.84 Å². The van der Waals surface area contributed by atoms with Gasteiger partial charge in [0, 0.05) is 12.3 Å². The predicted octanol–water partition coefficient (Wildman–Crippen LogP) is 1.84. The van der Waals surface area contributed by atoms with Gasteiger partial charge < -0.3 is 5.32 Å². The molecule has 0 aromatic carbocycles. The van der Waals surface area contributed by atoms with E-state index in [0.29, 0.717) is 23.6 Å². The number of nitrogens with one attached hydrogen (secondary N) is 1. The van der Waals surface area contributed by atoms with Crippen LogP contribution < -0.4 is 5.32 Å². The van der Waals surface area contributed by atoms with Crippen molar-refractivity contribution in [1.82, 2.24) is 5.32 Å². The van der Waals surface area contributed by atoms with Crippen molar-refractivity contribution >= 4 is 9.84 Å². The van der Waals surface area contributed by atoms with E-state index < -0.39 is 9.84 Å². The summed E-state index contributed by atoms with van der Waals surface area (Å²) in [6.07, 6.45) is 5.83. The molecule has 0 aromatic heterocycles. The van der Waals surface area contributed by atoms with Gasteiger partial charge >= 0.3 is 0 Å². The Hall–Kier alpha value is -0.0900. The summed E-state index contributed by atoms with van der Waals surface area (Å²) in [5.74, 6) is 1.48. The molecule has 1 rings (SSSR count). The van der Waals surface area contributed by atoms with Gasteiger partial charge in [-0.05, 0) is 44.1 Å². The largest absolute Gasteiger partial charge is 0.314 e. The van der Waals surface area contributed by atoms with Crippen molar-refractivity contribution in [3.63, 3.8) is 0 Å². The lowest BCUT2D eigenvalue weighted by Gasteiger charge is -2.19. The first-order chi connectivity index (χ1) is 7.37. The second kappa shape index (κ2) is 6.01. The molecule has 0 spiro atoms. The molecule has 1 aliphatic carbocycles. The van der Waals surface area contributed by atoms with Crippen LogP contribution >= 0.6 is 0 Å². The van der Waals surface area contributed by atoms with Crippen LogP contribution in [0.25, 0.3) is 0 Å². The van der Waals surface area contributed by atoms with Gasteiger partial charge in [-0.2, -0.15) is 0 Å². The van der Waals surface area contributed by atoms with Crippen LogP contribution in [0, 0.1) is 11.8 Å². The Kier molecular flexibility index (Phi) is 5.25. The summed E-state index contributed by atoms with van der Waals surface area (Å²) in [7, 11) is -2.81. The summed E-state index contributed by atoms with van der Waals surface area (Å²) in [5.41, 5.74) is 0. The summed E-state index contributed by atoms with van der Waals surface area (Å²) in [4.78, 5) is 0. The molecule has 4 heteroatoms. The first kappa shape index (κ1) is 14.0. The van der Waals surface area contributed by atoms with E-state index in [-0.39, 0.29) is 0 Å². The minimum Gasteiger partial charge on any atom is -0.314 e. The van der Waals surface area contributed by atoms with E-state index in [0.717, 1.165) is 19.4 Å². The van der Waals surface area contributed by atoms with Gasteiger partial charge in [-0.1, -0.05) is 13.8 Å². The van der Waals surface area contributed by atoms with Crippen molar-refractivity contribution in [2.45, 2.75) is 45.6 Å². The molecule has 1 aliphatic rings. The smallest absolute Gasteiger partial charge is 0.147 e. The topological polar surface area (TPSA) is 46.2 Å². The molecule has 0 aromatic rings. The zero-order valence-corrected chi connectivity index (χ0v) is 11.5. The van der Waals surface area contributed by atoms with Crippen molar-refractivity contribution in [1.29, 1.82) is 0 Å². The Morgan fingerprint density at radius 1 is 1.31 bits per heavy atom. The lowest BCUT2D eigenvalue weighted by Crippen LogP contribution is -2.27. The highest BCUT2D eigenvalue weighted by atomic mass is 32.2. The van der Waals surface area contributed by atoms with E-state index in [4.69, 9.17) is 0 Å². The number of rotatable bonds is 8. The maximum absolute atomic E-state index is 11.2. The fourth-order valence-electron chi connectivity index (χ4n) is 1.97. The standard InChI is InChI=1S/C12H25NO2S/c1-10(2)8-11(6-7-16(3,14)15)9-13-12-4-5-12/h10-13H,4-9H2,1-3H3. The molecule has 0 amide bonds. The van der Waals surface area contributed by atoms with Gasteiger partial charge in [-0.25, -0.2) is 8.42 Å². The van der Waals surface area contributed by atoms with Gasteiger partial charge in [0.2, 0.25) is 0 Å². The van der Waals surface area contributed by atoms with Gasteiger partial charge in [-0.3, -0.25) is 0 Å². The van der Waals surface area contributed by atoms with E-state index in [1.807, 2.05) is 0 Å². The van der Waals surface area contributed by atoms with Gasteiger partial charge in [0.15, 0.2) is 0 Å². The van der Waals surface area contributed by atoms with Crippen molar-refractivity contribution in [3.05, 3.63) is 0 Å². The third kappa shape index (κ3) is 7.23. The minimum absolute atomic E-state index is 0.330. The fourth-order valence-corrected chi connectivity index (χ4v) is 2.73. The maximum atomic E-state index is 11.2. The second-order valence-electron chi connectivity index (χ2n) is 5.60. The molecular formula is C12H25NO2S. The lowest BCUT2D eigenvalue weighted by atomic mass is 9.95. The fraction of sp³-hybridized carbons (Fsp3) is 1.00. The van der Waals surface area contributed by atoms with E-state index in [9.17, 15) is 8.42 Å². The molecule has 0 saturated heterocycles. The van der Waals surface area contributed by atoms with E-state index in [1.165, 1.54) is 19.1 Å². The van der Waals surface area contributed by atoms with E-state index in [1.54, 1.807) is 0 Å². The molecule has 0 radical (unpaired) electrons. The Balaban J connectivity index is 2.29. The summed E-state index contributed by atoms with van der Waals surface area (Å²) < 4.78 is 22.3. The minimum atomic E-state index is -2.81. The summed E-state index contributed by atoms with van der Waals surface area (Å²) >= 11 is 0.